The molecule has 0 saturated carbocycles. The molecule has 200 valence electrons. The van der Waals surface area contributed by atoms with Crippen LogP contribution in [-0.2, 0) is 17.8 Å². The monoisotopic (exact) mass is 625 g/mol. The van der Waals surface area contributed by atoms with Crippen LogP contribution in [0.1, 0.15) is 28.2 Å². The van der Waals surface area contributed by atoms with Crippen LogP contribution in [-0.4, -0.2) is 46.0 Å². The predicted octanol–water partition coefficient (Wildman–Crippen LogP) is 5.69. The van der Waals surface area contributed by atoms with Crippen LogP contribution in [0.2, 0.25) is 5.02 Å². The Hall–Kier alpha value is -3.34. The van der Waals surface area contributed by atoms with Crippen molar-refractivity contribution in [1.29, 1.82) is 0 Å². The first-order valence-electron chi connectivity index (χ1n) is 12.3. The number of benzene rings is 3. The zero-order chi connectivity index (χ0) is 27.4. The maximum Gasteiger partial charge on any atom is 0.253 e. The van der Waals surface area contributed by atoms with Gasteiger partial charge in [0.25, 0.3) is 5.91 Å². The van der Waals surface area contributed by atoms with Crippen molar-refractivity contribution in [2.75, 3.05) is 24.3 Å². The number of rotatable bonds is 8. The van der Waals surface area contributed by atoms with Gasteiger partial charge < -0.3 is 15.0 Å². The quantitative estimate of drug-likeness (QED) is 0.253. The van der Waals surface area contributed by atoms with Crippen LogP contribution in [0, 0.1) is 0 Å². The second-order valence-corrected chi connectivity index (χ2v) is 11.0. The molecule has 11 heteroatoms. The van der Waals surface area contributed by atoms with Gasteiger partial charge in [0.15, 0.2) is 11.0 Å². The van der Waals surface area contributed by atoms with Crippen molar-refractivity contribution < 1.29 is 14.3 Å². The molecule has 1 aromatic heterocycles. The average molecular weight is 627 g/mol. The number of thioether (sulfide) groups is 1. The van der Waals surface area contributed by atoms with Crippen molar-refractivity contribution in [2.24, 2.45) is 0 Å². The topological polar surface area (TPSA) is 89.3 Å². The van der Waals surface area contributed by atoms with Gasteiger partial charge in [0, 0.05) is 16.7 Å². The molecular formula is C28H25BrClN5O3S. The molecule has 4 aromatic rings. The number of ether oxygens (including phenoxy) is 1. The largest absolute Gasteiger partial charge is 0.495 e. The lowest BCUT2D eigenvalue weighted by Crippen LogP contribution is -2.36. The van der Waals surface area contributed by atoms with E-state index in [1.54, 1.807) is 25.3 Å². The standard InChI is InChI=1S/C28H25BrClN5O3S/c1-38-24-11-5-4-10-23(24)35-25(16-31-27(37)20-15-19(29)12-13-21(20)30)32-33-28(35)39-17-26(36)34-14-6-8-18-7-2-3-9-22(18)34/h2-5,7,9-13,15H,6,8,14,16-17H2,1H3,(H,31,37). The number of halogens is 2. The second kappa shape index (κ2) is 12.2. The Morgan fingerprint density at radius 3 is 2.67 bits per heavy atom. The van der Waals surface area contributed by atoms with E-state index in [2.05, 4.69) is 37.5 Å². The third-order valence-corrected chi connectivity index (χ3v) is 8.08. The third kappa shape index (κ3) is 5.98. The summed E-state index contributed by atoms with van der Waals surface area (Å²) in [6, 6.07) is 20.6. The summed E-state index contributed by atoms with van der Waals surface area (Å²) in [5, 5.41) is 12.5. The molecule has 8 nitrogen and oxygen atoms in total. The minimum absolute atomic E-state index is 0.000811. The van der Waals surface area contributed by atoms with Gasteiger partial charge in [-0.25, -0.2) is 0 Å². The van der Waals surface area contributed by atoms with E-state index in [1.807, 2.05) is 51.9 Å². The Morgan fingerprint density at radius 2 is 1.85 bits per heavy atom. The summed E-state index contributed by atoms with van der Waals surface area (Å²) >= 11 is 10.9. The highest BCUT2D eigenvalue weighted by Gasteiger charge is 2.24. The van der Waals surface area contributed by atoms with Gasteiger partial charge in [0.2, 0.25) is 5.91 Å². The fourth-order valence-electron chi connectivity index (χ4n) is 4.49. The number of hydrogen-bond donors (Lipinski definition) is 1. The molecule has 5 rings (SSSR count). The molecule has 1 aliphatic rings. The van der Waals surface area contributed by atoms with E-state index in [0.29, 0.717) is 39.5 Å². The second-order valence-electron chi connectivity index (χ2n) is 8.78. The number of anilines is 1. The van der Waals surface area contributed by atoms with E-state index in [1.165, 1.54) is 17.3 Å². The number of nitrogens with one attached hydrogen (secondary N) is 1. The molecule has 0 bridgehead atoms. The molecule has 3 aromatic carbocycles. The van der Waals surface area contributed by atoms with Crippen LogP contribution in [0.25, 0.3) is 5.69 Å². The van der Waals surface area contributed by atoms with Crippen LogP contribution < -0.4 is 15.0 Å². The van der Waals surface area contributed by atoms with Crippen LogP contribution in [0.4, 0.5) is 5.69 Å². The molecule has 0 aliphatic carbocycles. The maximum atomic E-state index is 13.3. The Bertz CT molecular complexity index is 1530. The summed E-state index contributed by atoms with van der Waals surface area (Å²) in [4.78, 5) is 28.0. The number of aryl methyl sites for hydroxylation is 1. The zero-order valence-corrected chi connectivity index (χ0v) is 24.2. The number of para-hydroxylation sites is 3. The summed E-state index contributed by atoms with van der Waals surface area (Å²) in [6.45, 7) is 0.770. The Balaban J connectivity index is 1.39. The third-order valence-electron chi connectivity index (χ3n) is 6.34. The molecule has 0 spiro atoms. The fourth-order valence-corrected chi connectivity index (χ4v) is 5.89. The van der Waals surface area contributed by atoms with Crippen LogP contribution in [0.3, 0.4) is 0 Å². The highest BCUT2D eigenvalue weighted by molar-refractivity contribution is 9.10. The molecule has 0 unspecified atom stereocenters. The lowest BCUT2D eigenvalue weighted by molar-refractivity contribution is -0.116. The van der Waals surface area contributed by atoms with Gasteiger partial charge >= 0.3 is 0 Å². The Labute approximate surface area is 243 Å². The Kier molecular flexibility index (Phi) is 8.54. The highest BCUT2D eigenvalue weighted by Crippen LogP contribution is 2.31. The fraction of sp³-hybridized carbons (Fsp3) is 0.214. The van der Waals surface area contributed by atoms with Crippen molar-refractivity contribution >= 4 is 56.8 Å². The first kappa shape index (κ1) is 27.2. The average Bonchev–Trinajstić information content (AvgIpc) is 3.37. The summed E-state index contributed by atoms with van der Waals surface area (Å²) in [5.41, 5.74) is 3.20. The molecule has 0 fully saturated rings. The van der Waals surface area contributed by atoms with Gasteiger partial charge in [-0.05, 0) is 54.8 Å². The molecule has 1 aliphatic heterocycles. The number of fused-ring (bicyclic) bond motifs is 1. The van der Waals surface area contributed by atoms with Gasteiger partial charge in [0.05, 0.1) is 35.7 Å². The van der Waals surface area contributed by atoms with Gasteiger partial charge in [0.1, 0.15) is 5.75 Å². The number of carbonyl (C=O) groups is 2. The molecule has 0 atom stereocenters. The van der Waals surface area contributed by atoms with E-state index in [-0.39, 0.29) is 24.1 Å². The van der Waals surface area contributed by atoms with Crippen molar-refractivity contribution in [2.45, 2.75) is 24.5 Å². The first-order chi connectivity index (χ1) is 19.0. The number of carbonyl (C=O) groups excluding carboxylic acids is 2. The molecule has 1 N–H and O–H groups in total. The van der Waals surface area contributed by atoms with E-state index < -0.39 is 0 Å². The summed E-state index contributed by atoms with van der Waals surface area (Å²) < 4.78 is 8.15. The Morgan fingerprint density at radius 1 is 1.08 bits per heavy atom. The predicted molar refractivity (Wildman–Crippen MR) is 156 cm³/mol. The summed E-state index contributed by atoms with van der Waals surface area (Å²) in [5.74, 6) is 0.932. The van der Waals surface area contributed by atoms with Crippen molar-refractivity contribution in [1.82, 2.24) is 20.1 Å². The van der Waals surface area contributed by atoms with E-state index in [0.717, 1.165) is 23.0 Å². The van der Waals surface area contributed by atoms with Crippen LogP contribution in [0.15, 0.2) is 76.4 Å². The van der Waals surface area contributed by atoms with Crippen molar-refractivity contribution in [3.8, 4) is 11.4 Å². The number of amides is 2. The smallest absolute Gasteiger partial charge is 0.253 e. The van der Waals surface area contributed by atoms with Gasteiger partial charge in [-0.2, -0.15) is 0 Å². The minimum atomic E-state index is -0.343. The van der Waals surface area contributed by atoms with E-state index >= 15 is 0 Å². The molecule has 39 heavy (non-hydrogen) atoms. The number of nitrogens with zero attached hydrogens (tertiary/aromatic N) is 4. The van der Waals surface area contributed by atoms with Gasteiger partial charge in [-0.1, -0.05) is 69.6 Å². The van der Waals surface area contributed by atoms with Crippen LogP contribution in [0.5, 0.6) is 5.75 Å². The lowest BCUT2D eigenvalue weighted by atomic mass is 10.0. The zero-order valence-electron chi connectivity index (χ0n) is 21.1. The highest BCUT2D eigenvalue weighted by atomic mass is 79.9. The SMILES string of the molecule is COc1ccccc1-n1c(CNC(=O)c2cc(Br)ccc2Cl)nnc1SCC(=O)N1CCCc2ccccc21. The molecule has 2 heterocycles. The lowest BCUT2D eigenvalue weighted by Gasteiger charge is -2.29. The molecule has 0 saturated heterocycles. The molecular weight excluding hydrogens is 602 g/mol. The molecule has 0 radical (unpaired) electrons. The molecule has 2 amide bonds. The van der Waals surface area contributed by atoms with E-state index in [9.17, 15) is 9.59 Å². The van der Waals surface area contributed by atoms with Gasteiger partial charge in [-0.3, -0.25) is 14.2 Å². The van der Waals surface area contributed by atoms with Crippen molar-refractivity contribution in [3.05, 3.63) is 93.2 Å². The summed E-state index contributed by atoms with van der Waals surface area (Å²) in [6.07, 6.45) is 1.89. The number of methoxy groups -OCH3 is 1. The first-order valence-corrected chi connectivity index (χ1v) is 14.4. The van der Waals surface area contributed by atoms with Crippen LogP contribution >= 0.6 is 39.3 Å². The van der Waals surface area contributed by atoms with Crippen molar-refractivity contribution in [3.63, 3.8) is 0 Å². The number of aromatic nitrogens is 3. The summed E-state index contributed by atoms with van der Waals surface area (Å²) in [7, 11) is 1.59. The van der Waals surface area contributed by atoms with Gasteiger partial charge in [-0.15, -0.1) is 10.2 Å². The number of hydrogen-bond acceptors (Lipinski definition) is 6. The van der Waals surface area contributed by atoms with E-state index in [4.69, 9.17) is 16.3 Å². The maximum absolute atomic E-state index is 13.3. The minimum Gasteiger partial charge on any atom is -0.495 e. The normalized spacial score (nSPS) is 12.6.